The first kappa shape index (κ1) is 13.3. The molecule has 1 aromatic rings. The lowest BCUT2D eigenvalue weighted by Crippen LogP contribution is -2.20. The summed E-state index contributed by atoms with van der Waals surface area (Å²) in [5.74, 6) is 6.52. The van der Waals surface area contributed by atoms with Crippen LogP contribution < -0.4 is 15.3 Å². The van der Waals surface area contributed by atoms with Gasteiger partial charge in [0.15, 0.2) is 11.5 Å². The Hall–Kier alpha value is -1.75. The number of rotatable bonds is 6. The van der Waals surface area contributed by atoms with Gasteiger partial charge in [-0.2, -0.15) is 5.10 Å². The predicted octanol–water partition coefficient (Wildman–Crippen LogP) is 0.928. The van der Waals surface area contributed by atoms with Crippen LogP contribution in [0.5, 0.6) is 11.5 Å². The molecule has 2 N–H and O–H groups in total. The molecule has 94 valence electrons. The minimum Gasteiger partial charge on any atom is -0.493 e. The largest absolute Gasteiger partial charge is 0.493 e. The molecule has 0 radical (unpaired) electrons. The fourth-order valence-corrected chi connectivity index (χ4v) is 1.36. The van der Waals surface area contributed by atoms with E-state index in [4.69, 9.17) is 15.3 Å². The van der Waals surface area contributed by atoms with Gasteiger partial charge in [0, 0.05) is 12.1 Å². The molecule has 0 aliphatic carbocycles. The van der Waals surface area contributed by atoms with Crippen LogP contribution in [0.4, 0.5) is 0 Å². The Morgan fingerprint density at radius 2 is 2.18 bits per heavy atom. The van der Waals surface area contributed by atoms with Crippen LogP contribution in [0.3, 0.4) is 0 Å². The van der Waals surface area contributed by atoms with Crippen molar-refractivity contribution in [3.05, 3.63) is 23.8 Å². The Balaban J connectivity index is 2.85. The molecule has 0 heterocycles. The molecule has 0 fully saturated rings. The maximum absolute atomic E-state index is 5.71. The topological polar surface area (TPSA) is 60.1 Å². The van der Waals surface area contributed by atoms with Crippen molar-refractivity contribution in [2.45, 2.75) is 0 Å². The molecule has 0 atom stereocenters. The number of likely N-dealkylation sites (N-methyl/N-ethyl adjacent to an activating group) is 1. The quantitative estimate of drug-likeness (QED) is 0.454. The Morgan fingerprint density at radius 1 is 1.41 bits per heavy atom. The summed E-state index contributed by atoms with van der Waals surface area (Å²) in [6, 6.07) is 5.59. The van der Waals surface area contributed by atoms with Crippen LogP contribution in [-0.4, -0.2) is 45.5 Å². The molecule has 0 spiro atoms. The van der Waals surface area contributed by atoms with E-state index in [-0.39, 0.29) is 0 Å². The molecular weight excluding hydrogens is 218 g/mol. The molecule has 0 saturated carbocycles. The van der Waals surface area contributed by atoms with Crippen molar-refractivity contribution in [1.82, 2.24) is 4.90 Å². The van der Waals surface area contributed by atoms with Crippen molar-refractivity contribution < 1.29 is 9.47 Å². The van der Waals surface area contributed by atoms with Gasteiger partial charge in [-0.05, 0) is 26.2 Å². The van der Waals surface area contributed by atoms with Crippen LogP contribution in [0, 0.1) is 0 Å². The van der Waals surface area contributed by atoms with Gasteiger partial charge < -0.3 is 20.2 Å². The number of hydrogen-bond acceptors (Lipinski definition) is 5. The number of nitrogens with zero attached hydrogens (tertiary/aromatic N) is 2. The summed E-state index contributed by atoms with van der Waals surface area (Å²) in [6.07, 6.45) is 1.55. The maximum Gasteiger partial charge on any atom is 0.170 e. The highest BCUT2D eigenvalue weighted by Gasteiger charge is 2.09. The fraction of sp³-hybridized carbons (Fsp3) is 0.417. The summed E-state index contributed by atoms with van der Waals surface area (Å²) >= 11 is 0. The zero-order valence-electron chi connectivity index (χ0n) is 10.5. The molecular formula is C12H19N3O2. The molecule has 0 amide bonds. The molecule has 5 heteroatoms. The van der Waals surface area contributed by atoms with E-state index in [1.165, 1.54) is 0 Å². The Morgan fingerprint density at radius 3 is 2.76 bits per heavy atom. The molecule has 0 bridgehead atoms. The van der Waals surface area contributed by atoms with Crippen LogP contribution in [0.25, 0.3) is 0 Å². The third kappa shape index (κ3) is 3.96. The first-order valence-corrected chi connectivity index (χ1v) is 5.36. The summed E-state index contributed by atoms with van der Waals surface area (Å²) < 4.78 is 11.0. The van der Waals surface area contributed by atoms with Crippen molar-refractivity contribution in [2.75, 3.05) is 34.4 Å². The zero-order chi connectivity index (χ0) is 12.7. The van der Waals surface area contributed by atoms with Crippen molar-refractivity contribution in [3.8, 4) is 11.5 Å². The average molecular weight is 237 g/mol. The predicted molar refractivity (Wildman–Crippen MR) is 68.8 cm³/mol. The second-order valence-electron chi connectivity index (χ2n) is 3.81. The smallest absolute Gasteiger partial charge is 0.170 e. The third-order valence-electron chi connectivity index (χ3n) is 2.23. The van der Waals surface area contributed by atoms with Gasteiger partial charge in [0.05, 0.1) is 13.3 Å². The molecule has 5 nitrogen and oxygen atoms in total. The lowest BCUT2D eigenvalue weighted by atomic mass is 10.2. The van der Waals surface area contributed by atoms with Gasteiger partial charge >= 0.3 is 0 Å². The standard InChI is InChI=1S/C12H19N3O2/c1-15(2)7-8-17-12-10(9-14-13)5-4-6-11(12)16-3/h4-6,9H,7-8,13H2,1-3H3. The van der Waals surface area contributed by atoms with E-state index in [1.54, 1.807) is 13.3 Å². The highest BCUT2D eigenvalue weighted by molar-refractivity contribution is 5.84. The normalized spacial score (nSPS) is 11.1. The van der Waals surface area contributed by atoms with Crippen LogP contribution in [0.1, 0.15) is 5.56 Å². The third-order valence-corrected chi connectivity index (χ3v) is 2.23. The first-order chi connectivity index (χ1) is 8.19. The van der Waals surface area contributed by atoms with Crippen LogP contribution in [-0.2, 0) is 0 Å². The molecule has 1 rings (SSSR count). The zero-order valence-corrected chi connectivity index (χ0v) is 10.5. The van der Waals surface area contributed by atoms with E-state index in [1.807, 2.05) is 37.2 Å². The molecule has 0 unspecified atom stereocenters. The summed E-state index contributed by atoms with van der Waals surface area (Å²) in [5.41, 5.74) is 0.811. The van der Waals surface area contributed by atoms with Gasteiger partial charge in [0.25, 0.3) is 0 Å². The summed E-state index contributed by atoms with van der Waals surface area (Å²) in [5, 5.41) is 3.51. The molecule has 17 heavy (non-hydrogen) atoms. The molecule has 0 aliphatic heterocycles. The van der Waals surface area contributed by atoms with Gasteiger partial charge in [-0.1, -0.05) is 6.07 Å². The van der Waals surface area contributed by atoms with Crippen molar-refractivity contribution in [1.29, 1.82) is 0 Å². The summed E-state index contributed by atoms with van der Waals surface area (Å²) in [7, 11) is 5.60. The molecule has 0 aromatic heterocycles. The summed E-state index contributed by atoms with van der Waals surface area (Å²) in [4.78, 5) is 2.05. The highest BCUT2D eigenvalue weighted by atomic mass is 16.5. The highest BCUT2D eigenvalue weighted by Crippen LogP contribution is 2.29. The number of nitrogens with two attached hydrogens (primary N) is 1. The number of hydrazone groups is 1. The second kappa shape index (κ2) is 6.75. The maximum atomic E-state index is 5.71. The van der Waals surface area contributed by atoms with Gasteiger partial charge in [-0.3, -0.25) is 0 Å². The van der Waals surface area contributed by atoms with Crippen molar-refractivity contribution >= 4 is 6.21 Å². The minimum atomic E-state index is 0.582. The lowest BCUT2D eigenvalue weighted by Gasteiger charge is -2.15. The van der Waals surface area contributed by atoms with Crippen LogP contribution in [0.2, 0.25) is 0 Å². The summed E-state index contributed by atoms with van der Waals surface area (Å²) in [6.45, 7) is 1.41. The molecule has 0 aliphatic rings. The van der Waals surface area contributed by atoms with E-state index in [0.29, 0.717) is 18.1 Å². The van der Waals surface area contributed by atoms with E-state index in [2.05, 4.69) is 5.10 Å². The van der Waals surface area contributed by atoms with E-state index in [9.17, 15) is 0 Å². The monoisotopic (exact) mass is 237 g/mol. The number of hydrogen-bond donors (Lipinski definition) is 1. The lowest BCUT2D eigenvalue weighted by molar-refractivity contribution is 0.250. The van der Waals surface area contributed by atoms with Crippen LogP contribution >= 0.6 is 0 Å². The van der Waals surface area contributed by atoms with E-state index in [0.717, 1.165) is 12.1 Å². The van der Waals surface area contributed by atoms with Crippen LogP contribution in [0.15, 0.2) is 23.3 Å². The average Bonchev–Trinajstić information content (AvgIpc) is 2.30. The number of ether oxygens (including phenoxy) is 2. The Bertz CT molecular complexity index is 378. The van der Waals surface area contributed by atoms with E-state index >= 15 is 0 Å². The van der Waals surface area contributed by atoms with Gasteiger partial charge in [0.2, 0.25) is 0 Å². The van der Waals surface area contributed by atoms with Crippen molar-refractivity contribution in [3.63, 3.8) is 0 Å². The molecule has 1 aromatic carbocycles. The number of para-hydroxylation sites is 1. The van der Waals surface area contributed by atoms with Crippen molar-refractivity contribution in [2.24, 2.45) is 10.9 Å². The SMILES string of the molecule is COc1cccc(C=NN)c1OCCN(C)C. The van der Waals surface area contributed by atoms with Gasteiger partial charge in [0.1, 0.15) is 6.61 Å². The number of benzene rings is 1. The minimum absolute atomic E-state index is 0.582. The Kier molecular flexibility index (Phi) is 5.29. The van der Waals surface area contributed by atoms with Gasteiger partial charge in [-0.15, -0.1) is 0 Å². The second-order valence-corrected chi connectivity index (χ2v) is 3.81. The van der Waals surface area contributed by atoms with Gasteiger partial charge in [-0.25, -0.2) is 0 Å². The Labute approximate surface area is 102 Å². The molecule has 0 saturated heterocycles. The first-order valence-electron chi connectivity index (χ1n) is 5.36. The fourth-order valence-electron chi connectivity index (χ4n) is 1.36. The van der Waals surface area contributed by atoms with E-state index < -0.39 is 0 Å². The number of methoxy groups -OCH3 is 1.